The van der Waals surface area contributed by atoms with Crippen LogP contribution in [0.15, 0.2) is 48.5 Å². The number of nitrogens with one attached hydrogen (secondary N) is 1. The molecule has 0 aromatic heterocycles. The van der Waals surface area contributed by atoms with E-state index in [0.717, 1.165) is 30.2 Å². The highest BCUT2D eigenvalue weighted by molar-refractivity contribution is 5.84. The average molecular weight is 253 g/mol. The van der Waals surface area contributed by atoms with E-state index in [1.807, 2.05) is 42.5 Å². The minimum Gasteiger partial charge on any atom is -0.384 e. The molecule has 2 aromatic rings. The first-order chi connectivity index (χ1) is 9.35. The molecular weight excluding hydrogens is 238 g/mol. The van der Waals surface area contributed by atoms with Crippen LogP contribution in [0.5, 0.6) is 0 Å². The van der Waals surface area contributed by atoms with Crippen LogP contribution in [0.3, 0.4) is 0 Å². The summed E-state index contributed by atoms with van der Waals surface area (Å²) in [4.78, 5) is 21.8. The molecule has 2 aromatic carbocycles. The van der Waals surface area contributed by atoms with Crippen molar-refractivity contribution in [3.63, 3.8) is 0 Å². The highest BCUT2D eigenvalue weighted by Gasteiger charge is 2.02. The number of hydrogen-bond donors (Lipinski definition) is 1. The number of para-hydroxylation sites is 1. The Hall–Kier alpha value is -2.42. The minimum atomic E-state index is 0.645. The number of aldehydes is 2. The Labute approximate surface area is 112 Å². The molecule has 0 atom stereocenters. The van der Waals surface area contributed by atoms with Gasteiger partial charge in [0, 0.05) is 23.4 Å². The summed E-state index contributed by atoms with van der Waals surface area (Å²) in [6.07, 6.45) is 2.44. The fourth-order valence-corrected chi connectivity index (χ4v) is 1.97. The van der Waals surface area contributed by atoms with E-state index in [-0.39, 0.29) is 0 Å². The third-order valence-electron chi connectivity index (χ3n) is 2.98. The zero-order valence-corrected chi connectivity index (χ0v) is 10.5. The molecule has 0 aliphatic carbocycles. The van der Waals surface area contributed by atoms with E-state index in [9.17, 15) is 9.59 Å². The van der Waals surface area contributed by atoms with Crippen LogP contribution in [0.4, 0.5) is 5.69 Å². The van der Waals surface area contributed by atoms with E-state index >= 15 is 0 Å². The van der Waals surface area contributed by atoms with Crippen LogP contribution >= 0.6 is 0 Å². The number of anilines is 1. The number of benzene rings is 2. The molecule has 0 radical (unpaired) electrons. The molecule has 0 aliphatic heterocycles. The van der Waals surface area contributed by atoms with E-state index in [1.54, 1.807) is 6.07 Å². The number of hydrogen-bond acceptors (Lipinski definition) is 3. The van der Waals surface area contributed by atoms with Crippen LogP contribution in [-0.2, 0) is 6.42 Å². The molecule has 96 valence electrons. The molecule has 0 saturated carbocycles. The van der Waals surface area contributed by atoms with Crippen LogP contribution in [0, 0.1) is 0 Å². The van der Waals surface area contributed by atoms with E-state index < -0.39 is 0 Å². The van der Waals surface area contributed by atoms with Crippen LogP contribution in [0.25, 0.3) is 0 Å². The molecule has 19 heavy (non-hydrogen) atoms. The lowest BCUT2D eigenvalue weighted by Crippen LogP contribution is -2.08. The van der Waals surface area contributed by atoms with Crippen molar-refractivity contribution in [2.45, 2.75) is 6.42 Å². The molecule has 0 fully saturated rings. The molecule has 0 amide bonds. The van der Waals surface area contributed by atoms with Crippen molar-refractivity contribution in [1.29, 1.82) is 0 Å². The Morgan fingerprint density at radius 3 is 2.21 bits per heavy atom. The molecule has 1 N–H and O–H groups in total. The predicted molar refractivity (Wildman–Crippen MR) is 75.9 cm³/mol. The topological polar surface area (TPSA) is 46.2 Å². The lowest BCUT2D eigenvalue weighted by Gasteiger charge is -2.09. The van der Waals surface area contributed by atoms with Crippen molar-refractivity contribution in [2.75, 3.05) is 11.9 Å². The first kappa shape index (κ1) is 13.0. The summed E-state index contributed by atoms with van der Waals surface area (Å²) in [6.45, 7) is 0.676. The fraction of sp³-hybridized carbons (Fsp3) is 0.125. The molecule has 0 saturated heterocycles. The number of rotatable bonds is 6. The highest BCUT2D eigenvalue weighted by Crippen LogP contribution is 2.13. The maximum Gasteiger partial charge on any atom is 0.152 e. The molecular formula is C16H15NO2. The summed E-state index contributed by atoms with van der Waals surface area (Å²) in [6, 6.07) is 14.9. The predicted octanol–water partition coefficient (Wildman–Crippen LogP) is 2.97. The smallest absolute Gasteiger partial charge is 0.152 e. The minimum absolute atomic E-state index is 0.645. The van der Waals surface area contributed by atoms with E-state index in [1.165, 1.54) is 0 Å². The quantitative estimate of drug-likeness (QED) is 0.805. The number of carbonyl (C=O) groups is 2. The summed E-state index contributed by atoms with van der Waals surface area (Å²) < 4.78 is 0. The van der Waals surface area contributed by atoms with Crippen molar-refractivity contribution in [2.24, 2.45) is 0 Å². The lowest BCUT2D eigenvalue weighted by molar-refractivity contribution is 0.111. The first-order valence-corrected chi connectivity index (χ1v) is 6.16. The average Bonchev–Trinajstić information content (AvgIpc) is 2.48. The fourth-order valence-electron chi connectivity index (χ4n) is 1.97. The molecule has 0 spiro atoms. The maximum atomic E-state index is 10.9. The van der Waals surface area contributed by atoms with Gasteiger partial charge in [-0.25, -0.2) is 0 Å². The van der Waals surface area contributed by atoms with Gasteiger partial charge in [-0.15, -0.1) is 0 Å². The third kappa shape index (κ3) is 3.28. The van der Waals surface area contributed by atoms with Gasteiger partial charge in [-0.1, -0.05) is 36.4 Å². The number of carbonyl (C=O) groups excluding carboxylic acids is 2. The molecule has 3 nitrogen and oxygen atoms in total. The monoisotopic (exact) mass is 253 g/mol. The molecule has 2 rings (SSSR count). The highest BCUT2D eigenvalue weighted by atomic mass is 16.1. The Kier molecular flexibility index (Phi) is 4.45. The van der Waals surface area contributed by atoms with Crippen molar-refractivity contribution >= 4 is 18.3 Å². The van der Waals surface area contributed by atoms with Gasteiger partial charge in [-0.05, 0) is 24.1 Å². The van der Waals surface area contributed by atoms with Crippen LogP contribution in [0.2, 0.25) is 0 Å². The Bertz CT molecular complexity index is 527. The largest absolute Gasteiger partial charge is 0.384 e. The SMILES string of the molecule is O=Cc1ccccc1CCNc1ccccc1C=O. The molecule has 0 heterocycles. The Balaban J connectivity index is 2.00. The zero-order chi connectivity index (χ0) is 13.5. The van der Waals surface area contributed by atoms with Gasteiger partial charge >= 0.3 is 0 Å². The van der Waals surface area contributed by atoms with Crippen LogP contribution in [0.1, 0.15) is 26.3 Å². The van der Waals surface area contributed by atoms with Gasteiger partial charge in [0.05, 0.1) is 0 Å². The first-order valence-electron chi connectivity index (χ1n) is 6.16. The second-order valence-corrected chi connectivity index (χ2v) is 4.20. The van der Waals surface area contributed by atoms with Gasteiger partial charge in [0.2, 0.25) is 0 Å². The summed E-state index contributed by atoms with van der Waals surface area (Å²) in [7, 11) is 0. The van der Waals surface area contributed by atoms with Gasteiger partial charge < -0.3 is 5.32 Å². The van der Waals surface area contributed by atoms with Crippen molar-refractivity contribution in [3.8, 4) is 0 Å². The maximum absolute atomic E-state index is 10.9. The standard InChI is InChI=1S/C16H15NO2/c18-11-14-6-2-1-5-13(14)9-10-17-16-8-4-3-7-15(16)12-19/h1-8,11-12,17H,9-10H2. The van der Waals surface area contributed by atoms with E-state index in [4.69, 9.17) is 0 Å². The summed E-state index contributed by atoms with van der Waals surface area (Å²) in [5.74, 6) is 0. The molecule has 3 heteroatoms. The van der Waals surface area contributed by atoms with Crippen LogP contribution < -0.4 is 5.32 Å². The van der Waals surface area contributed by atoms with Crippen LogP contribution in [-0.4, -0.2) is 19.1 Å². The summed E-state index contributed by atoms with van der Waals surface area (Å²) in [5, 5.41) is 3.22. The van der Waals surface area contributed by atoms with Gasteiger partial charge in [-0.2, -0.15) is 0 Å². The van der Waals surface area contributed by atoms with Crippen molar-refractivity contribution in [1.82, 2.24) is 0 Å². The lowest BCUT2D eigenvalue weighted by atomic mass is 10.1. The van der Waals surface area contributed by atoms with Gasteiger partial charge in [0.15, 0.2) is 6.29 Å². The van der Waals surface area contributed by atoms with E-state index in [2.05, 4.69) is 5.32 Å². The molecule has 0 aliphatic rings. The Morgan fingerprint density at radius 2 is 1.47 bits per heavy atom. The summed E-state index contributed by atoms with van der Waals surface area (Å²) >= 11 is 0. The van der Waals surface area contributed by atoms with Gasteiger partial charge in [0.1, 0.15) is 6.29 Å². The second-order valence-electron chi connectivity index (χ2n) is 4.20. The third-order valence-corrected chi connectivity index (χ3v) is 2.98. The molecule has 0 bridgehead atoms. The molecule has 0 unspecified atom stereocenters. The summed E-state index contributed by atoms with van der Waals surface area (Å²) in [5.41, 5.74) is 3.19. The van der Waals surface area contributed by atoms with Gasteiger partial charge in [-0.3, -0.25) is 9.59 Å². The zero-order valence-electron chi connectivity index (χ0n) is 10.5. The normalized spacial score (nSPS) is 9.89. The van der Waals surface area contributed by atoms with E-state index in [0.29, 0.717) is 17.7 Å². The van der Waals surface area contributed by atoms with Gasteiger partial charge in [0.25, 0.3) is 0 Å². The van der Waals surface area contributed by atoms with Crippen molar-refractivity contribution < 1.29 is 9.59 Å². The second kappa shape index (κ2) is 6.50. The Morgan fingerprint density at radius 1 is 0.842 bits per heavy atom. The van der Waals surface area contributed by atoms with Crippen molar-refractivity contribution in [3.05, 3.63) is 65.2 Å².